The van der Waals surface area contributed by atoms with Gasteiger partial charge in [0, 0.05) is 11.7 Å². The molecule has 0 aliphatic rings. The summed E-state index contributed by atoms with van der Waals surface area (Å²) in [5.41, 5.74) is 5.95. The lowest BCUT2D eigenvalue weighted by Gasteiger charge is -2.17. The molecule has 2 heteroatoms. The summed E-state index contributed by atoms with van der Waals surface area (Å²) in [6.45, 7) is 8.47. The van der Waals surface area contributed by atoms with E-state index < -0.39 is 0 Å². The van der Waals surface area contributed by atoms with Crippen molar-refractivity contribution in [2.45, 2.75) is 46.6 Å². The average molecular weight is 268 g/mol. The molecule has 2 aromatic rings. The smallest absolute Gasteiger partial charge is 0.0607 e. The number of aryl methyl sites for hydroxylation is 3. The highest BCUT2D eigenvalue weighted by Gasteiger charge is 2.07. The first kappa shape index (κ1) is 14.6. The van der Waals surface area contributed by atoms with E-state index in [9.17, 15) is 0 Å². The Labute approximate surface area is 122 Å². The van der Waals surface area contributed by atoms with Gasteiger partial charge in [-0.2, -0.15) is 0 Å². The molecule has 0 spiro atoms. The molecule has 1 atom stereocenters. The molecule has 1 N–H and O–H groups in total. The Kier molecular flexibility index (Phi) is 4.78. The first-order chi connectivity index (χ1) is 9.60. The average Bonchev–Trinajstić information content (AvgIpc) is 2.43. The van der Waals surface area contributed by atoms with Gasteiger partial charge in [-0.1, -0.05) is 37.6 Å². The number of hydrogen-bond donors (Lipinski definition) is 1. The predicted octanol–water partition coefficient (Wildman–Crippen LogP) is 4.82. The molecule has 2 nitrogen and oxygen atoms in total. The third kappa shape index (κ3) is 3.60. The first-order valence-corrected chi connectivity index (χ1v) is 7.39. The molecule has 1 unspecified atom stereocenters. The van der Waals surface area contributed by atoms with Crippen molar-refractivity contribution in [3.8, 4) is 0 Å². The summed E-state index contributed by atoms with van der Waals surface area (Å²) in [6, 6.07) is 13.4. The minimum Gasteiger partial charge on any atom is -0.377 e. The first-order valence-electron chi connectivity index (χ1n) is 7.39. The number of rotatable bonds is 5. The van der Waals surface area contributed by atoms with Crippen molar-refractivity contribution < 1.29 is 0 Å². The Hall–Kier alpha value is -1.83. The van der Waals surface area contributed by atoms with E-state index in [-0.39, 0.29) is 6.04 Å². The van der Waals surface area contributed by atoms with E-state index in [2.05, 4.69) is 54.5 Å². The van der Waals surface area contributed by atoms with E-state index in [1.54, 1.807) is 0 Å². The van der Waals surface area contributed by atoms with Crippen LogP contribution in [0.4, 0.5) is 5.69 Å². The largest absolute Gasteiger partial charge is 0.377 e. The van der Waals surface area contributed by atoms with Crippen LogP contribution in [0.15, 0.2) is 36.4 Å². The molecular formula is C18H24N2. The van der Waals surface area contributed by atoms with Gasteiger partial charge in [0.15, 0.2) is 0 Å². The Morgan fingerprint density at radius 1 is 1.05 bits per heavy atom. The highest BCUT2D eigenvalue weighted by Crippen LogP contribution is 2.22. The third-order valence-corrected chi connectivity index (χ3v) is 3.62. The summed E-state index contributed by atoms with van der Waals surface area (Å²) < 4.78 is 0. The van der Waals surface area contributed by atoms with Crippen LogP contribution < -0.4 is 5.32 Å². The number of anilines is 1. The van der Waals surface area contributed by atoms with Crippen LogP contribution in [0, 0.1) is 13.8 Å². The molecule has 2 rings (SSSR count). The SMILES string of the molecule is CCCc1ccc(C(C)Nc2ccc(C)nc2C)cc1. The van der Waals surface area contributed by atoms with E-state index >= 15 is 0 Å². The van der Waals surface area contributed by atoms with E-state index in [4.69, 9.17) is 0 Å². The summed E-state index contributed by atoms with van der Waals surface area (Å²) in [6.07, 6.45) is 2.35. The van der Waals surface area contributed by atoms with Gasteiger partial charge >= 0.3 is 0 Å². The van der Waals surface area contributed by atoms with E-state index in [1.165, 1.54) is 17.5 Å². The van der Waals surface area contributed by atoms with Crippen molar-refractivity contribution in [2.24, 2.45) is 0 Å². The molecule has 0 saturated heterocycles. The van der Waals surface area contributed by atoms with Crippen LogP contribution in [0.5, 0.6) is 0 Å². The van der Waals surface area contributed by atoms with E-state index in [0.29, 0.717) is 0 Å². The maximum Gasteiger partial charge on any atom is 0.0607 e. The van der Waals surface area contributed by atoms with Crippen molar-refractivity contribution in [2.75, 3.05) is 5.32 Å². The number of nitrogens with zero attached hydrogens (tertiary/aromatic N) is 1. The van der Waals surface area contributed by atoms with Gasteiger partial charge in [-0.15, -0.1) is 0 Å². The lowest BCUT2D eigenvalue weighted by Crippen LogP contribution is -2.08. The second kappa shape index (κ2) is 6.56. The van der Waals surface area contributed by atoms with Crippen LogP contribution in [0.1, 0.15) is 48.8 Å². The Bertz CT molecular complexity index is 558. The molecule has 0 radical (unpaired) electrons. The zero-order valence-electron chi connectivity index (χ0n) is 12.9. The van der Waals surface area contributed by atoms with Crippen LogP contribution in [0.2, 0.25) is 0 Å². The number of benzene rings is 1. The Morgan fingerprint density at radius 2 is 1.75 bits per heavy atom. The normalized spacial score (nSPS) is 12.2. The predicted molar refractivity (Wildman–Crippen MR) is 86.2 cm³/mol. The van der Waals surface area contributed by atoms with E-state index in [0.717, 1.165) is 23.5 Å². The van der Waals surface area contributed by atoms with Crippen molar-refractivity contribution in [3.63, 3.8) is 0 Å². The minimum atomic E-state index is 0.286. The highest BCUT2D eigenvalue weighted by molar-refractivity contribution is 5.49. The van der Waals surface area contributed by atoms with Crippen molar-refractivity contribution in [1.82, 2.24) is 4.98 Å². The summed E-state index contributed by atoms with van der Waals surface area (Å²) in [4.78, 5) is 4.50. The zero-order chi connectivity index (χ0) is 14.5. The Morgan fingerprint density at radius 3 is 2.35 bits per heavy atom. The molecule has 0 aliphatic heterocycles. The van der Waals surface area contributed by atoms with Gasteiger partial charge in [0.25, 0.3) is 0 Å². The van der Waals surface area contributed by atoms with Crippen molar-refractivity contribution in [3.05, 3.63) is 58.9 Å². The van der Waals surface area contributed by atoms with Gasteiger partial charge in [0.2, 0.25) is 0 Å². The van der Waals surface area contributed by atoms with Crippen molar-refractivity contribution in [1.29, 1.82) is 0 Å². The molecule has 0 fully saturated rings. The maximum absolute atomic E-state index is 4.50. The molecule has 1 heterocycles. The molecular weight excluding hydrogens is 244 g/mol. The minimum absolute atomic E-state index is 0.286. The third-order valence-electron chi connectivity index (χ3n) is 3.62. The standard InChI is InChI=1S/C18H24N2/c1-5-6-16-8-10-17(11-9-16)14(3)20-18-12-7-13(2)19-15(18)4/h7-12,14,20H,5-6H2,1-4H3. The Balaban J connectivity index is 2.09. The molecule has 0 aliphatic carbocycles. The topological polar surface area (TPSA) is 24.9 Å². The molecule has 20 heavy (non-hydrogen) atoms. The van der Waals surface area contributed by atoms with Crippen molar-refractivity contribution >= 4 is 5.69 Å². The quantitative estimate of drug-likeness (QED) is 0.840. The van der Waals surface area contributed by atoms with Gasteiger partial charge in [0.1, 0.15) is 0 Å². The van der Waals surface area contributed by atoms with Crippen LogP contribution in [-0.2, 0) is 6.42 Å². The zero-order valence-corrected chi connectivity index (χ0v) is 12.9. The lowest BCUT2D eigenvalue weighted by molar-refractivity contribution is 0.871. The van der Waals surface area contributed by atoms with Crippen LogP contribution in [-0.4, -0.2) is 4.98 Å². The van der Waals surface area contributed by atoms with Gasteiger partial charge in [-0.3, -0.25) is 4.98 Å². The molecule has 1 aromatic heterocycles. The lowest BCUT2D eigenvalue weighted by atomic mass is 10.0. The van der Waals surface area contributed by atoms with Crippen LogP contribution >= 0.6 is 0 Å². The highest BCUT2D eigenvalue weighted by atomic mass is 14.9. The van der Waals surface area contributed by atoms with Gasteiger partial charge in [-0.25, -0.2) is 0 Å². The maximum atomic E-state index is 4.50. The van der Waals surface area contributed by atoms with Crippen LogP contribution in [0.3, 0.4) is 0 Å². The molecule has 0 bridgehead atoms. The molecule has 1 aromatic carbocycles. The molecule has 106 valence electrons. The van der Waals surface area contributed by atoms with Gasteiger partial charge in [-0.05, 0) is 50.5 Å². The summed E-state index contributed by atoms with van der Waals surface area (Å²) in [5.74, 6) is 0. The second-order valence-electron chi connectivity index (χ2n) is 5.44. The monoisotopic (exact) mass is 268 g/mol. The fourth-order valence-corrected chi connectivity index (χ4v) is 2.42. The van der Waals surface area contributed by atoms with Gasteiger partial charge < -0.3 is 5.32 Å². The second-order valence-corrected chi connectivity index (χ2v) is 5.44. The molecule has 0 amide bonds. The number of pyridine rings is 1. The fraction of sp³-hybridized carbons (Fsp3) is 0.389. The van der Waals surface area contributed by atoms with E-state index in [1.807, 2.05) is 19.9 Å². The summed E-state index contributed by atoms with van der Waals surface area (Å²) in [7, 11) is 0. The number of hydrogen-bond acceptors (Lipinski definition) is 2. The van der Waals surface area contributed by atoms with Gasteiger partial charge in [0.05, 0.1) is 11.4 Å². The number of aromatic nitrogens is 1. The summed E-state index contributed by atoms with van der Waals surface area (Å²) >= 11 is 0. The van der Waals surface area contributed by atoms with Crippen LogP contribution in [0.25, 0.3) is 0 Å². The fourth-order valence-electron chi connectivity index (χ4n) is 2.42. The molecule has 0 saturated carbocycles. The number of nitrogens with one attached hydrogen (secondary N) is 1. The summed E-state index contributed by atoms with van der Waals surface area (Å²) in [5, 5.41) is 3.54.